The van der Waals surface area contributed by atoms with Gasteiger partial charge in [-0.1, -0.05) is 0 Å². The number of nitrogens with one attached hydrogen (secondary N) is 1. The van der Waals surface area contributed by atoms with Gasteiger partial charge in [0.1, 0.15) is 5.82 Å². The van der Waals surface area contributed by atoms with Crippen molar-refractivity contribution in [1.29, 1.82) is 0 Å². The molecule has 0 saturated carbocycles. The van der Waals surface area contributed by atoms with Crippen LogP contribution in [0.15, 0.2) is 23.1 Å². The van der Waals surface area contributed by atoms with Gasteiger partial charge in [-0.05, 0) is 50.6 Å². The largest absolute Gasteiger partial charge is 0.417 e. The van der Waals surface area contributed by atoms with Gasteiger partial charge in [0, 0.05) is 13.1 Å². The predicted molar refractivity (Wildman–Crippen MR) is 84.1 cm³/mol. The highest BCUT2D eigenvalue weighted by Gasteiger charge is 2.40. The fourth-order valence-electron chi connectivity index (χ4n) is 2.73. The number of benzene rings is 1. The molecule has 24 heavy (non-hydrogen) atoms. The number of piperidine rings is 1. The zero-order valence-corrected chi connectivity index (χ0v) is 14.6. The van der Waals surface area contributed by atoms with Crippen molar-refractivity contribution in [2.75, 3.05) is 26.7 Å². The molecular weight excluding hydrogens is 372 g/mol. The molecule has 2 rings (SSSR count). The summed E-state index contributed by atoms with van der Waals surface area (Å²) in [7, 11) is -2.52. The summed E-state index contributed by atoms with van der Waals surface area (Å²) in [4.78, 5) is -0.890. The third-order valence-corrected chi connectivity index (χ3v) is 5.89. The number of hydrogen-bond donors (Lipinski definition) is 1. The van der Waals surface area contributed by atoms with Crippen molar-refractivity contribution in [1.82, 2.24) is 9.62 Å². The quantitative estimate of drug-likeness (QED) is 0.804. The van der Waals surface area contributed by atoms with Crippen molar-refractivity contribution in [3.8, 4) is 0 Å². The fraction of sp³-hybridized carbons (Fsp3) is 0.571. The van der Waals surface area contributed by atoms with E-state index < -0.39 is 32.5 Å². The van der Waals surface area contributed by atoms with Crippen LogP contribution in [0.2, 0.25) is 0 Å². The second-order valence-electron chi connectivity index (χ2n) is 5.54. The van der Waals surface area contributed by atoms with Crippen LogP contribution in [0.3, 0.4) is 0 Å². The van der Waals surface area contributed by atoms with Crippen LogP contribution in [-0.2, 0) is 16.2 Å². The lowest BCUT2D eigenvalue weighted by Crippen LogP contribution is -2.41. The van der Waals surface area contributed by atoms with Gasteiger partial charge in [-0.3, -0.25) is 0 Å². The molecule has 1 aromatic rings. The van der Waals surface area contributed by atoms with Crippen LogP contribution < -0.4 is 5.32 Å². The minimum absolute atomic E-state index is 0. The second kappa shape index (κ2) is 7.99. The molecule has 0 bridgehead atoms. The molecule has 138 valence electrons. The Labute approximate surface area is 144 Å². The minimum atomic E-state index is -4.94. The van der Waals surface area contributed by atoms with Crippen LogP contribution in [0.5, 0.6) is 0 Å². The summed E-state index contributed by atoms with van der Waals surface area (Å²) >= 11 is 0. The standard InChI is InChI=1S/C14H18F4N2O2S.ClH/c1-19-9-10-4-6-20(7-5-10)23(21,22)13-3-2-11(15)8-12(13)14(16,17)18;/h2-3,8,10,19H,4-7,9H2,1H3;1H. The third kappa shape index (κ3) is 4.59. The van der Waals surface area contributed by atoms with Gasteiger partial charge in [-0.2, -0.15) is 17.5 Å². The summed E-state index contributed by atoms with van der Waals surface area (Å²) in [6.45, 7) is 1.05. The van der Waals surface area contributed by atoms with Crippen LogP contribution in [0.4, 0.5) is 17.6 Å². The molecule has 10 heteroatoms. The van der Waals surface area contributed by atoms with Crippen molar-refractivity contribution in [3.63, 3.8) is 0 Å². The fourth-order valence-corrected chi connectivity index (χ4v) is 4.39. The normalized spacial score (nSPS) is 17.5. The summed E-state index contributed by atoms with van der Waals surface area (Å²) in [5.41, 5.74) is -1.46. The van der Waals surface area contributed by atoms with Crippen molar-refractivity contribution < 1.29 is 26.0 Å². The summed E-state index contributed by atoms with van der Waals surface area (Å²) in [5.74, 6) is -0.828. The van der Waals surface area contributed by atoms with E-state index in [9.17, 15) is 26.0 Å². The zero-order chi connectivity index (χ0) is 17.3. The van der Waals surface area contributed by atoms with Crippen molar-refractivity contribution in [2.24, 2.45) is 5.92 Å². The smallest absolute Gasteiger partial charge is 0.319 e. The highest BCUT2D eigenvalue weighted by molar-refractivity contribution is 7.89. The highest BCUT2D eigenvalue weighted by Crippen LogP contribution is 2.36. The zero-order valence-electron chi connectivity index (χ0n) is 12.9. The van der Waals surface area contributed by atoms with E-state index in [2.05, 4.69) is 5.32 Å². The number of nitrogens with zero attached hydrogens (tertiary/aromatic N) is 1. The maximum absolute atomic E-state index is 13.1. The van der Waals surface area contributed by atoms with Gasteiger partial charge in [0.2, 0.25) is 10.0 Å². The van der Waals surface area contributed by atoms with E-state index in [0.29, 0.717) is 24.8 Å². The van der Waals surface area contributed by atoms with E-state index in [1.165, 1.54) is 0 Å². The number of hydrogen-bond acceptors (Lipinski definition) is 3. The first-order chi connectivity index (χ1) is 10.7. The molecule has 0 atom stereocenters. The van der Waals surface area contributed by atoms with Gasteiger partial charge in [0.05, 0.1) is 10.5 Å². The summed E-state index contributed by atoms with van der Waals surface area (Å²) in [5, 5.41) is 3.00. The maximum atomic E-state index is 13.1. The lowest BCUT2D eigenvalue weighted by molar-refractivity contribution is -0.140. The molecule has 1 heterocycles. The Morgan fingerprint density at radius 3 is 2.33 bits per heavy atom. The predicted octanol–water partition coefficient (Wildman–Crippen LogP) is 2.89. The Balaban J connectivity index is 0.00000288. The SMILES string of the molecule is CNCC1CCN(S(=O)(=O)c2ccc(F)cc2C(F)(F)F)CC1.Cl. The van der Waals surface area contributed by atoms with Gasteiger partial charge in [0.15, 0.2) is 0 Å². The van der Waals surface area contributed by atoms with E-state index in [-0.39, 0.29) is 31.6 Å². The number of rotatable bonds is 4. The number of alkyl halides is 3. The van der Waals surface area contributed by atoms with Crippen LogP contribution in [-0.4, -0.2) is 39.4 Å². The second-order valence-corrected chi connectivity index (χ2v) is 7.45. The van der Waals surface area contributed by atoms with Gasteiger partial charge in [-0.25, -0.2) is 12.8 Å². The molecule has 0 aromatic heterocycles. The molecule has 0 spiro atoms. The van der Waals surface area contributed by atoms with Crippen LogP contribution in [0, 0.1) is 11.7 Å². The Morgan fingerprint density at radius 1 is 1.25 bits per heavy atom. The Hall–Kier alpha value is -0.900. The summed E-state index contributed by atoms with van der Waals surface area (Å²) < 4.78 is 78.3. The summed E-state index contributed by atoms with van der Waals surface area (Å²) in [6.07, 6.45) is -3.79. The Bertz CT molecular complexity index is 659. The Kier molecular flexibility index (Phi) is 7.04. The molecular formula is C14H19ClF4N2O2S. The molecule has 1 saturated heterocycles. The highest BCUT2D eigenvalue weighted by atomic mass is 35.5. The molecule has 0 amide bonds. The first-order valence-corrected chi connectivity index (χ1v) is 8.61. The molecule has 1 aromatic carbocycles. The molecule has 1 fully saturated rings. The summed E-state index contributed by atoms with van der Waals surface area (Å²) in [6, 6.07) is 1.64. The monoisotopic (exact) mass is 390 g/mol. The molecule has 1 aliphatic heterocycles. The van der Waals surface area contributed by atoms with Gasteiger partial charge in [0.25, 0.3) is 0 Å². The van der Waals surface area contributed by atoms with Crippen molar-refractivity contribution in [2.45, 2.75) is 23.9 Å². The average molecular weight is 391 g/mol. The number of sulfonamides is 1. The molecule has 0 unspecified atom stereocenters. The first kappa shape index (κ1) is 21.1. The van der Waals surface area contributed by atoms with E-state index in [1.807, 2.05) is 0 Å². The van der Waals surface area contributed by atoms with Gasteiger partial charge < -0.3 is 5.32 Å². The minimum Gasteiger partial charge on any atom is -0.319 e. The van der Waals surface area contributed by atoms with E-state index in [4.69, 9.17) is 0 Å². The van der Waals surface area contributed by atoms with Crippen molar-refractivity contribution >= 4 is 22.4 Å². The van der Waals surface area contributed by atoms with E-state index in [0.717, 1.165) is 16.9 Å². The van der Waals surface area contributed by atoms with Gasteiger partial charge >= 0.3 is 6.18 Å². The van der Waals surface area contributed by atoms with Crippen LogP contribution >= 0.6 is 12.4 Å². The Morgan fingerprint density at radius 2 is 1.83 bits per heavy atom. The average Bonchev–Trinajstić information content (AvgIpc) is 2.47. The van der Waals surface area contributed by atoms with Crippen molar-refractivity contribution in [3.05, 3.63) is 29.6 Å². The molecule has 1 N–H and O–H groups in total. The van der Waals surface area contributed by atoms with Crippen LogP contribution in [0.1, 0.15) is 18.4 Å². The first-order valence-electron chi connectivity index (χ1n) is 7.17. The number of halogens is 5. The topological polar surface area (TPSA) is 49.4 Å². The van der Waals surface area contributed by atoms with E-state index in [1.54, 1.807) is 7.05 Å². The maximum Gasteiger partial charge on any atom is 0.417 e. The lowest BCUT2D eigenvalue weighted by Gasteiger charge is -2.31. The third-order valence-electron chi connectivity index (χ3n) is 3.93. The van der Waals surface area contributed by atoms with Crippen LogP contribution in [0.25, 0.3) is 0 Å². The van der Waals surface area contributed by atoms with E-state index >= 15 is 0 Å². The molecule has 0 radical (unpaired) electrons. The molecule has 4 nitrogen and oxygen atoms in total. The molecule has 1 aliphatic rings. The molecule has 0 aliphatic carbocycles. The van der Waals surface area contributed by atoms with Gasteiger partial charge in [-0.15, -0.1) is 12.4 Å². The lowest BCUT2D eigenvalue weighted by atomic mass is 9.98.